The molecular weight excluding hydrogens is 394 g/mol. The van der Waals surface area contributed by atoms with E-state index in [1.165, 1.54) is 11.8 Å². The van der Waals surface area contributed by atoms with Crippen LogP contribution in [0.15, 0.2) is 82.9 Å². The van der Waals surface area contributed by atoms with E-state index in [-0.39, 0.29) is 11.3 Å². The van der Waals surface area contributed by atoms with E-state index < -0.39 is 0 Å². The van der Waals surface area contributed by atoms with Gasteiger partial charge in [-0.05, 0) is 43.2 Å². The molecule has 4 aromatic rings. The summed E-state index contributed by atoms with van der Waals surface area (Å²) in [6.45, 7) is 1.96. The molecule has 0 radical (unpaired) electrons. The van der Waals surface area contributed by atoms with Gasteiger partial charge in [-0.3, -0.25) is 9.59 Å². The number of aromatic nitrogens is 3. The number of para-hydroxylation sites is 1. The highest BCUT2D eigenvalue weighted by atomic mass is 32.2. The smallest absolute Gasteiger partial charge is 0.267 e. The third kappa shape index (κ3) is 4.33. The van der Waals surface area contributed by atoms with Gasteiger partial charge in [-0.1, -0.05) is 54.2 Å². The summed E-state index contributed by atoms with van der Waals surface area (Å²) in [6, 6.07) is 20.4. The zero-order chi connectivity index (χ0) is 20.9. The molecule has 0 N–H and O–H groups in total. The highest BCUT2D eigenvalue weighted by molar-refractivity contribution is 7.99. The predicted octanol–water partition coefficient (Wildman–Crippen LogP) is 4.84. The topological polar surface area (TPSA) is 64.8 Å². The third-order valence-electron chi connectivity index (χ3n) is 4.75. The van der Waals surface area contributed by atoms with E-state index in [9.17, 15) is 9.59 Å². The van der Waals surface area contributed by atoms with Crippen LogP contribution in [0.5, 0.6) is 0 Å². The number of Topliss-reactive ketones (excluding diaryl/α,β-unsaturated/α-hetero) is 1. The Morgan fingerprint density at radius 1 is 1.03 bits per heavy atom. The molecule has 0 bridgehead atoms. The molecule has 0 saturated heterocycles. The van der Waals surface area contributed by atoms with Crippen molar-refractivity contribution in [3.8, 4) is 5.82 Å². The first kappa shape index (κ1) is 20.0. The second-order valence-corrected chi connectivity index (χ2v) is 8.05. The van der Waals surface area contributed by atoms with E-state index in [1.807, 2.05) is 67.6 Å². The Morgan fingerprint density at radius 3 is 2.60 bits per heavy atom. The standard InChI is InChI=1S/C24H21N3O2S/c1-17-13-14-25-22(16-17)27-23(29)19-10-5-6-11-20(19)26-24(27)30-15-7-12-21(28)18-8-3-2-4-9-18/h2-6,8-11,13-14,16H,7,12,15H2,1H3. The molecule has 2 aromatic heterocycles. The predicted molar refractivity (Wildman–Crippen MR) is 121 cm³/mol. The molecule has 0 saturated carbocycles. The van der Waals surface area contributed by atoms with Gasteiger partial charge in [0.15, 0.2) is 10.9 Å². The minimum atomic E-state index is -0.137. The second kappa shape index (κ2) is 9.05. The number of carbonyl (C=O) groups is 1. The van der Waals surface area contributed by atoms with Crippen LogP contribution in [0, 0.1) is 6.92 Å². The van der Waals surface area contributed by atoms with Crippen LogP contribution in [-0.4, -0.2) is 26.1 Å². The quantitative estimate of drug-likeness (QED) is 0.187. The summed E-state index contributed by atoms with van der Waals surface area (Å²) in [6.07, 6.45) is 2.85. The molecule has 0 aliphatic carbocycles. The Labute approximate surface area is 178 Å². The molecule has 0 unspecified atom stereocenters. The summed E-state index contributed by atoms with van der Waals surface area (Å²) in [5.74, 6) is 1.36. The fourth-order valence-corrected chi connectivity index (χ4v) is 4.16. The Hall–Kier alpha value is -3.25. The number of nitrogens with zero attached hydrogens (tertiary/aromatic N) is 3. The van der Waals surface area contributed by atoms with Crippen LogP contribution in [0.25, 0.3) is 16.7 Å². The monoisotopic (exact) mass is 415 g/mol. The highest BCUT2D eigenvalue weighted by Gasteiger charge is 2.14. The maximum atomic E-state index is 13.2. The average Bonchev–Trinajstić information content (AvgIpc) is 2.77. The number of ketones is 1. The molecule has 4 rings (SSSR count). The van der Waals surface area contributed by atoms with Crippen molar-refractivity contribution in [3.05, 3.63) is 94.4 Å². The molecule has 0 aliphatic rings. The van der Waals surface area contributed by atoms with Crippen molar-refractivity contribution in [1.29, 1.82) is 0 Å². The van der Waals surface area contributed by atoms with Crippen LogP contribution < -0.4 is 5.56 Å². The first-order valence-electron chi connectivity index (χ1n) is 9.79. The minimum absolute atomic E-state index is 0.125. The van der Waals surface area contributed by atoms with Crippen LogP contribution in [-0.2, 0) is 0 Å². The lowest BCUT2D eigenvalue weighted by molar-refractivity contribution is 0.0982. The number of pyridine rings is 1. The molecular formula is C24H21N3O2S. The van der Waals surface area contributed by atoms with Gasteiger partial charge in [0.1, 0.15) is 5.82 Å². The Morgan fingerprint density at radius 2 is 1.80 bits per heavy atom. The lowest BCUT2D eigenvalue weighted by Crippen LogP contribution is -2.22. The van der Waals surface area contributed by atoms with E-state index in [0.29, 0.717) is 40.5 Å². The number of fused-ring (bicyclic) bond motifs is 1. The van der Waals surface area contributed by atoms with Crippen LogP contribution in [0.2, 0.25) is 0 Å². The van der Waals surface area contributed by atoms with Crippen LogP contribution in [0.3, 0.4) is 0 Å². The molecule has 0 fully saturated rings. The minimum Gasteiger partial charge on any atom is -0.294 e. The van der Waals surface area contributed by atoms with Crippen molar-refractivity contribution in [2.45, 2.75) is 24.9 Å². The number of hydrogen-bond donors (Lipinski definition) is 0. The molecule has 30 heavy (non-hydrogen) atoms. The summed E-state index contributed by atoms with van der Waals surface area (Å²) in [4.78, 5) is 34.6. The van der Waals surface area contributed by atoms with E-state index in [0.717, 1.165) is 11.1 Å². The van der Waals surface area contributed by atoms with Crippen LogP contribution in [0.1, 0.15) is 28.8 Å². The maximum absolute atomic E-state index is 13.2. The van der Waals surface area contributed by atoms with Crippen molar-refractivity contribution in [2.24, 2.45) is 0 Å². The van der Waals surface area contributed by atoms with Gasteiger partial charge in [0.2, 0.25) is 0 Å². The molecule has 150 valence electrons. The SMILES string of the molecule is Cc1ccnc(-n2c(SCCCC(=O)c3ccccc3)nc3ccccc3c2=O)c1. The Balaban J connectivity index is 1.59. The molecule has 0 atom stereocenters. The fourth-order valence-electron chi connectivity index (χ4n) is 3.22. The molecule has 6 heteroatoms. The number of rotatable bonds is 7. The zero-order valence-electron chi connectivity index (χ0n) is 16.6. The first-order chi connectivity index (χ1) is 14.6. The zero-order valence-corrected chi connectivity index (χ0v) is 17.4. The lowest BCUT2D eigenvalue weighted by Gasteiger charge is -2.12. The second-order valence-electron chi connectivity index (χ2n) is 6.98. The third-order valence-corrected chi connectivity index (χ3v) is 5.77. The van der Waals surface area contributed by atoms with Gasteiger partial charge in [-0.2, -0.15) is 0 Å². The summed E-state index contributed by atoms with van der Waals surface area (Å²) < 4.78 is 1.57. The van der Waals surface area contributed by atoms with E-state index >= 15 is 0 Å². The molecule has 0 aliphatic heterocycles. The Bertz CT molecular complexity index is 1250. The van der Waals surface area contributed by atoms with Gasteiger partial charge in [-0.25, -0.2) is 14.5 Å². The van der Waals surface area contributed by atoms with Crippen molar-refractivity contribution < 1.29 is 4.79 Å². The normalized spacial score (nSPS) is 11.0. The molecule has 0 spiro atoms. The van der Waals surface area contributed by atoms with Gasteiger partial charge in [0, 0.05) is 23.9 Å². The van der Waals surface area contributed by atoms with Gasteiger partial charge in [0.05, 0.1) is 10.9 Å². The van der Waals surface area contributed by atoms with E-state index in [1.54, 1.807) is 16.8 Å². The number of thioether (sulfide) groups is 1. The summed E-state index contributed by atoms with van der Waals surface area (Å²) >= 11 is 1.47. The molecule has 2 aromatic carbocycles. The summed E-state index contributed by atoms with van der Waals surface area (Å²) in [7, 11) is 0. The van der Waals surface area contributed by atoms with Crippen LogP contribution in [0.4, 0.5) is 0 Å². The molecule has 2 heterocycles. The average molecular weight is 416 g/mol. The van der Waals surface area contributed by atoms with E-state index in [4.69, 9.17) is 4.98 Å². The van der Waals surface area contributed by atoms with Gasteiger partial charge < -0.3 is 0 Å². The van der Waals surface area contributed by atoms with Gasteiger partial charge >= 0.3 is 0 Å². The first-order valence-corrected chi connectivity index (χ1v) is 10.8. The van der Waals surface area contributed by atoms with Gasteiger partial charge in [0.25, 0.3) is 5.56 Å². The fraction of sp³-hybridized carbons (Fsp3) is 0.167. The maximum Gasteiger partial charge on any atom is 0.267 e. The number of benzene rings is 2. The Kier molecular flexibility index (Phi) is 6.05. The highest BCUT2D eigenvalue weighted by Crippen LogP contribution is 2.22. The lowest BCUT2D eigenvalue weighted by atomic mass is 10.1. The number of aryl methyl sites for hydroxylation is 1. The largest absolute Gasteiger partial charge is 0.294 e. The molecule has 5 nitrogen and oxygen atoms in total. The molecule has 0 amide bonds. The van der Waals surface area contributed by atoms with E-state index in [2.05, 4.69) is 4.98 Å². The van der Waals surface area contributed by atoms with Crippen molar-refractivity contribution >= 4 is 28.4 Å². The van der Waals surface area contributed by atoms with Crippen LogP contribution >= 0.6 is 11.8 Å². The number of hydrogen-bond acceptors (Lipinski definition) is 5. The van der Waals surface area contributed by atoms with Gasteiger partial charge in [-0.15, -0.1) is 0 Å². The van der Waals surface area contributed by atoms with Crippen molar-refractivity contribution in [3.63, 3.8) is 0 Å². The number of carbonyl (C=O) groups excluding carboxylic acids is 1. The van der Waals surface area contributed by atoms with Crippen molar-refractivity contribution in [1.82, 2.24) is 14.5 Å². The summed E-state index contributed by atoms with van der Waals surface area (Å²) in [5, 5.41) is 1.15. The van der Waals surface area contributed by atoms with Crippen molar-refractivity contribution in [2.75, 3.05) is 5.75 Å². The summed E-state index contributed by atoms with van der Waals surface area (Å²) in [5.41, 5.74) is 2.27.